The third-order valence-electron chi connectivity index (χ3n) is 5.02. The van der Waals surface area contributed by atoms with Crippen molar-refractivity contribution in [2.45, 2.75) is 6.54 Å². The number of fused-ring (bicyclic) bond motifs is 1. The van der Waals surface area contributed by atoms with Gasteiger partial charge >= 0.3 is 0 Å². The van der Waals surface area contributed by atoms with Crippen LogP contribution in [-0.2, 0) is 6.54 Å². The van der Waals surface area contributed by atoms with Crippen LogP contribution in [0.25, 0.3) is 16.5 Å². The Morgan fingerprint density at radius 2 is 1.67 bits per heavy atom. The highest BCUT2D eigenvalue weighted by Crippen LogP contribution is 2.21. The van der Waals surface area contributed by atoms with Gasteiger partial charge in [-0.05, 0) is 28.5 Å². The van der Waals surface area contributed by atoms with E-state index in [-0.39, 0.29) is 5.91 Å². The Bertz CT molecular complexity index is 1310. The smallest absolute Gasteiger partial charge is 0.260 e. The van der Waals surface area contributed by atoms with Gasteiger partial charge in [0.2, 0.25) is 0 Å². The molecule has 0 aliphatic carbocycles. The molecule has 6 heteroatoms. The number of hydrogen-bond acceptors (Lipinski definition) is 3. The summed E-state index contributed by atoms with van der Waals surface area (Å²) in [7, 11) is 0. The average Bonchev–Trinajstić information content (AvgIpc) is 3.45. The Morgan fingerprint density at radius 3 is 2.57 bits per heavy atom. The molecular weight excluding hydrogens is 374 g/mol. The minimum absolute atomic E-state index is 0.225. The molecule has 3 aromatic carbocycles. The first-order chi connectivity index (χ1) is 14.8. The fourth-order valence-electron chi connectivity index (χ4n) is 3.51. The molecule has 0 saturated heterocycles. The first-order valence-electron chi connectivity index (χ1n) is 9.68. The Labute approximate surface area is 173 Å². The minimum Gasteiger partial charge on any atom is -0.307 e. The maximum absolute atomic E-state index is 12.8. The lowest BCUT2D eigenvalue weighted by atomic mass is 10.0. The van der Waals surface area contributed by atoms with Crippen molar-refractivity contribution < 1.29 is 4.79 Å². The molecule has 2 aromatic heterocycles. The van der Waals surface area contributed by atoms with Gasteiger partial charge in [0, 0.05) is 12.3 Å². The van der Waals surface area contributed by atoms with E-state index in [2.05, 4.69) is 39.8 Å². The average molecular weight is 393 g/mol. The highest BCUT2D eigenvalue weighted by atomic mass is 16.1. The van der Waals surface area contributed by atoms with E-state index in [4.69, 9.17) is 0 Å². The lowest BCUT2D eigenvalue weighted by Gasteiger charge is -2.10. The Hall–Kier alpha value is -4.19. The topological polar surface area (TPSA) is 64.7 Å². The molecule has 0 saturated carbocycles. The minimum atomic E-state index is -0.225. The number of nitrogens with zero attached hydrogens (tertiary/aromatic N) is 4. The number of hydrogen-bond donors (Lipinski definition) is 1. The first-order valence-corrected chi connectivity index (χ1v) is 9.68. The van der Waals surface area contributed by atoms with Crippen LogP contribution in [0.4, 0.5) is 5.82 Å². The Kier molecular flexibility index (Phi) is 4.57. The first kappa shape index (κ1) is 17.9. The van der Waals surface area contributed by atoms with E-state index in [1.807, 2.05) is 48.5 Å². The maximum atomic E-state index is 12.8. The van der Waals surface area contributed by atoms with Crippen molar-refractivity contribution in [3.63, 3.8) is 0 Å². The van der Waals surface area contributed by atoms with Crippen LogP contribution < -0.4 is 5.32 Å². The van der Waals surface area contributed by atoms with Crippen LogP contribution >= 0.6 is 0 Å². The number of benzene rings is 3. The highest BCUT2D eigenvalue weighted by Gasteiger charge is 2.13. The SMILES string of the molecule is O=C(Nc1ccnn1Cc1cccc2ccccc12)c1cnn(-c2ccccc2)c1. The summed E-state index contributed by atoms with van der Waals surface area (Å²) < 4.78 is 3.48. The van der Waals surface area contributed by atoms with Crippen molar-refractivity contribution in [3.8, 4) is 5.69 Å². The number of anilines is 1. The van der Waals surface area contributed by atoms with Gasteiger partial charge in [0.15, 0.2) is 0 Å². The lowest BCUT2D eigenvalue weighted by molar-refractivity contribution is 0.102. The predicted octanol–water partition coefficient (Wildman–Crippen LogP) is 4.52. The van der Waals surface area contributed by atoms with Crippen molar-refractivity contribution in [3.05, 3.63) is 109 Å². The quantitative estimate of drug-likeness (QED) is 0.477. The molecule has 0 aliphatic heterocycles. The molecule has 0 unspecified atom stereocenters. The third-order valence-corrected chi connectivity index (χ3v) is 5.02. The van der Waals surface area contributed by atoms with E-state index >= 15 is 0 Å². The summed E-state index contributed by atoms with van der Waals surface area (Å²) in [5.41, 5.74) is 2.53. The predicted molar refractivity (Wildman–Crippen MR) is 117 cm³/mol. The molecular formula is C24H19N5O. The molecule has 5 aromatic rings. The summed E-state index contributed by atoms with van der Waals surface area (Å²) in [5.74, 6) is 0.414. The van der Waals surface area contributed by atoms with Gasteiger partial charge in [-0.1, -0.05) is 60.7 Å². The number of amides is 1. The fraction of sp³-hybridized carbons (Fsp3) is 0.0417. The molecule has 5 rings (SSSR count). The Balaban J connectivity index is 1.36. The van der Waals surface area contributed by atoms with Gasteiger partial charge in [0.1, 0.15) is 5.82 Å². The summed E-state index contributed by atoms with van der Waals surface area (Å²) in [6.45, 7) is 0.563. The summed E-state index contributed by atoms with van der Waals surface area (Å²) in [5, 5.41) is 14.0. The molecule has 0 spiro atoms. The molecule has 0 radical (unpaired) electrons. The zero-order valence-corrected chi connectivity index (χ0v) is 16.1. The van der Waals surface area contributed by atoms with Crippen LogP contribution in [0.2, 0.25) is 0 Å². The van der Waals surface area contributed by atoms with Gasteiger partial charge in [-0.2, -0.15) is 10.2 Å². The maximum Gasteiger partial charge on any atom is 0.260 e. The van der Waals surface area contributed by atoms with Gasteiger partial charge in [-0.15, -0.1) is 0 Å². The van der Waals surface area contributed by atoms with E-state index in [9.17, 15) is 4.79 Å². The summed E-state index contributed by atoms with van der Waals surface area (Å²) in [6.07, 6.45) is 4.97. The standard InChI is InChI=1S/C24H19N5O/c30-24(20-15-26-28(17-20)21-10-2-1-3-11-21)27-23-13-14-25-29(23)16-19-9-6-8-18-7-4-5-12-22(18)19/h1-15,17H,16H2,(H,27,30). The van der Waals surface area contributed by atoms with Crippen LogP contribution in [0.5, 0.6) is 0 Å². The third kappa shape index (κ3) is 3.46. The number of aromatic nitrogens is 4. The van der Waals surface area contributed by atoms with Gasteiger partial charge < -0.3 is 5.32 Å². The van der Waals surface area contributed by atoms with E-state index < -0.39 is 0 Å². The molecule has 146 valence electrons. The summed E-state index contributed by atoms with van der Waals surface area (Å²) in [6, 6.07) is 25.9. The Morgan fingerprint density at radius 1 is 0.867 bits per heavy atom. The second-order valence-electron chi connectivity index (χ2n) is 6.98. The number of para-hydroxylation sites is 1. The van der Waals surface area contributed by atoms with Crippen molar-refractivity contribution in [1.82, 2.24) is 19.6 Å². The monoisotopic (exact) mass is 393 g/mol. The van der Waals surface area contributed by atoms with E-state index in [1.54, 1.807) is 34.0 Å². The lowest BCUT2D eigenvalue weighted by Crippen LogP contribution is -2.16. The van der Waals surface area contributed by atoms with Crippen molar-refractivity contribution in [2.75, 3.05) is 5.32 Å². The molecule has 2 heterocycles. The van der Waals surface area contributed by atoms with Crippen molar-refractivity contribution >= 4 is 22.5 Å². The molecule has 0 aliphatic rings. The largest absolute Gasteiger partial charge is 0.307 e. The molecule has 0 bridgehead atoms. The van der Waals surface area contributed by atoms with Crippen LogP contribution in [0, 0.1) is 0 Å². The zero-order valence-electron chi connectivity index (χ0n) is 16.1. The van der Waals surface area contributed by atoms with Crippen LogP contribution in [0.15, 0.2) is 97.5 Å². The van der Waals surface area contributed by atoms with Crippen LogP contribution in [0.3, 0.4) is 0 Å². The molecule has 1 N–H and O–H groups in total. The second kappa shape index (κ2) is 7.67. The molecule has 0 atom stereocenters. The fourth-order valence-corrected chi connectivity index (χ4v) is 3.51. The zero-order chi connectivity index (χ0) is 20.3. The molecule has 1 amide bonds. The number of carbonyl (C=O) groups excluding carboxylic acids is 1. The van der Waals surface area contributed by atoms with Crippen molar-refractivity contribution in [2.24, 2.45) is 0 Å². The summed E-state index contributed by atoms with van der Waals surface area (Å²) in [4.78, 5) is 12.8. The van der Waals surface area contributed by atoms with E-state index in [0.717, 1.165) is 11.3 Å². The van der Waals surface area contributed by atoms with Gasteiger partial charge in [0.25, 0.3) is 5.91 Å². The molecule has 6 nitrogen and oxygen atoms in total. The number of nitrogens with one attached hydrogen (secondary N) is 1. The van der Waals surface area contributed by atoms with Crippen LogP contribution in [0.1, 0.15) is 15.9 Å². The number of carbonyl (C=O) groups is 1. The normalized spacial score (nSPS) is 10.9. The molecule has 0 fully saturated rings. The van der Waals surface area contributed by atoms with Gasteiger partial charge in [-0.25, -0.2) is 9.36 Å². The number of rotatable bonds is 5. The van der Waals surface area contributed by atoms with Gasteiger partial charge in [-0.3, -0.25) is 4.79 Å². The summed E-state index contributed by atoms with van der Waals surface area (Å²) >= 11 is 0. The molecule has 30 heavy (non-hydrogen) atoms. The van der Waals surface area contributed by atoms with Crippen LogP contribution in [-0.4, -0.2) is 25.5 Å². The van der Waals surface area contributed by atoms with Gasteiger partial charge in [0.05, 0.1) is 30.2 Å². The highest BCUT2D eigenvalue weighted by molar-refractivity contribution is 6.03. The second-order valence-corrected chi connectivity index (χ2v) is 6.98. The van der Waals surface area contributed by atoms with E-state index in [0.29, 0.717) is 17.9 Å². The van der Waals surface area contributed by atoms with Crippen molar-refractivity contribution in [1.29, 1.82) is 0 Å². The van der Waals surface area contributed by atoms with E-state index in [1.165, 1.54) is 10.8 Å².